The van der Waals surface area contributed by atoms with Gasteiger partial charge in [0.15, 0.2) is 0 Å². The number of nitrogens with zero attached hydrogens (tertiary/aromatic N) is 1. The Kier molecular flexibility index (Phi) is 10.4. The van der Waals surface area contributed by atoms with Crippen LogP contribution in [-0.2, 0) is 6.54 Å². The zero-order valence-electron chi connectivity index (χ0n) is 29.3. The number of hydrogen-bond acceptors (Lipinski definition) is 3. The third-order valence-corrected chi connectivity index (χ3v) is 10.1. The van der Waals surface area contributed by atoms with E-state index in [-0.39, 0.29) is 6.04 Å². The van der Waals surface area contributed by atoms with E-state index in [0.717, 1.165) is 17.9 Å². The zero-order chi connectivity index (χ0) is 32.9. The SMILES string of the molecule is CC(C)c1ccccc1C(Nc1c(C(C)C)cccc1C(C)C)c1cccc(-c2c(CNC3CCCCC3)ccc3ccccc23)n1. The van der Waals surface area contributed by atoms with Crippen LogP contribution in [0.4, 0.5) is 5.69 Å². The number of benzene rings is 4. The lowest BCUT2D eigenvalue weighted by Crippen LogP contribution is -2.30. The third-order valence-electron chi connectivity index (χ3n) is 10.1. The summed E-state index contributed by atoms with van der Waals surface area (Å²) in [5, 5.41) is 10.6. The molecular formula is C44H53N3. The van der Waals surface area contributed by atoms with E-state index in [0.29, 0.717) is 23.8 Å². The molecule has 0 amide bonds. The quantitative estimate of drug-likeness (QED) is 0.154. The van der Waals surface area contributed by atoms with Gasteiger partial charge in [0, 0.05) is 23.8 Å². The van der Waals surface area contributed by atoms with Crippen LogP contribution in [0.5, 0.6) is 0 Å². The minimum atomic E-state index is -0.107. The van der Waals surface area contributed by atoms with Gasteiger partial charge in [0.25, 0.3) is 0 Å². The average molecular weight is 624 g/mol. The summed E-state index contributed by atoms with van der Waals surface area (Å²) in [6.45, 7) is 14.6. The maximum atomic E-state index is 5.58. The molecule has 1 aliphatic rings. The summed E-state index contributed by atoms with van der Waals surface area (Å²) >= 11 is 0. The fourth-order valence-corrected chi connectivity index (χ4v) is 7.55. The normalized spacial score (nSPS) is 14.7. The molecule has 1 unspecified atom stereocenters. The fraction of sp³-hybridized carbons (Fsp3) is 0.386. The van der Waals surface area contributed by atoms with E-state index >= 15 is 0 Å². The molecule has 1 fully saturated rings. The summed E-state index contributed by atoms with van der Waals surface area (Å²) in [5.41, 5.74) is 11.2. The first-order valence-electron chi connectivity index (χ1n) is 18.0. The van der Waals surface area contributed by atoms with E-state index in [1.54, 1.807) is 0 Å². The molecule has 3 nitrogen and oxygen atoms in total. The first-order valence-corrected chi connectivity index (χ1v) is 18.0. The molecule has 0 spiro atoms. The zero-order valence-corrected chi connectivity index (χ0v) is 29.3. The van der Waals surface area contributed by atoms with E-state index < -0.39 is 0 Å². The van der Waals surface area contributed by atoms with Gasteiger partial charge in [-0.25, -0.2) is 0 Å². The smallest absolute Gasteiger partial charge is 0.0943 e. The van der Waals surface area contributed by atoms with Crippen LogP contribution in [0.2, 0.25) is 0 Å². The van der Waals surface area contributed by atoms with Crippen LogP contribution in [0.15, 0.2) is 97.1 Å². The molecule has 1 aromatic heterocycles. The number of pyridine rings is 1. The highest BCUT2D eigenvalue weighted by atomic mass is 15.0. The molecule has 1 atom stereocenters. The second-order valence-corrected chi connectivity index (χ2v) is 14.5. The fourth-order valence-electron chi connectivity index (χ4n) is 7.55. The molecule has 244 valence electrons. The molecule has 0 bridgehead atoms. The van der Waals surface area contributed by atoms with Crippen molar-refractivity contribution in [1.82, 2.24) is 10.3 Å². The van der Waals surface area contributed by atoms with Gasteiger partial charge in [-0.05, 0) is 81.3 Å². The van der Waals surface area contributed by atoms with Crippen LogP contribution >= 0.6 is 0 Å². The molecule has 5 aromatic rings. The van der Waals surface area contributed by atoms with E-state index in [1.165, 1.54) is 81.9 Å². The molecule has 3 heteroatoms. The van der Waals surface area contributed by atoms with E-state index in [2.05, 4.69) is 149 Å². The van der Waals surface area contributed by atoms with Crippen molar-refractivity contribution in [2.45, 2.75) is 110 Å². The first-order chi connectivity index (χ1) is 22.8. The maximum absolute atomic E-state index is 5.58. The average Bonchev–Trinajstić information content (AvgIpc) is 3.09. The Labute approximate surface area is 283 Å². The van der Waals surface area contributed by atoms with Crippen LogP contribution in [0.3, 0.4) is 0 Å². The van der Waals surface area contributed by atoms with Gasteiger partial charge >= 0.3 is 0 Å². The molecule has 4 aromatic carbocycles. The van der Waals surface area contributed by atoms with Gasteiger partial charge in [-0.15, -0.1) is 0 Å². The van der Waals surface area contributed by atoms with Gasteiger partial charge in [-0.1, -0.05) is 146 Å². The number of rotatable bonds is 11. The van der Waals surface area contributed by atoms with Gasteiger partial charge in [-0.2, -0.15) is 0 Å². The van der Waals surface area contributed by atoms with Crippen molar-refractivity contribution in [3.63, 3.8) is 0 Å². The predicted octanol–water partition coefficient (Wildman–Crippen LogP) is 11.9. The highest BCUT2D eigenvalue weighted by molar-refractivity contribution is 5.97. The number of hydrogen-bond donors (Lipinski definition) is 2. The van der Waals surface area contributed by atoms with Crippen molar-refractivity contribution >= 4 is 16.5 Å². The van der Waals surface area contributed by atoms with Crippen molar-refractivity contribution in [3.8, 4) is 11.3 Å². The Morgan fingerprint density at radius 2 is 1.23 bits per heavy atom. The Balaban J connectivity index is 1.50. The molecule has 6 rings (SSSR count). The minimum Gasteiger partial charge on any atom is -0.372 e. The van der Waals surface area contributed by atoms with Crippen molar-refractivity contribution in [2.75, 3.05) is 5.32 Å². The number of para-hydroxylation sites is 1. The van der Waals surface area contributed by atoms with Crippen LogP contribution in [0, 0.1) is 0 Å². The molecule has 1 aliphatic carbocycles. The lowest BCUT2D eigenvalue weighted by Gasteiger charge is -2.29. The van der Waals surface area contributed by atoms with Crippen molar-refractivity contribution in [3.05, 3.63) is 131 Å². The number of fused-ring (bicyclic) bond motifs is 1. The Hall–Kier alpha value is -3.95. The Morgan fingerprint density at radius 1 is 0.617 bits per heavy atom. The number of nitrogens with one attached hydrogen (secondary N) is 2. The monoisotopic (exact) mass is 623 g/mol. The molecule has 2 N–H and O–H groups in total. The number of aromatic nitrogens is 1. The van der Waals surface area contributed by atoms with Gasteiger partial charge in [0.1, 0.15) is 0 Å². The van der Waals surface area contributed by atoms with Crippen LogP contribution in [0.25, 0.3) is 22.0 Å². The standard InChI is InChI=1S/C44H53N3/c1-29(2)35-19-12-13-21-39(35)44(47-43-36(30(3)4)22-14-23-37(43)31(5)6)41-25-15-24-40(46-41)42-33(28-45-34-17-8-7-9-18-34)27-26-32-16-10-11-20-38(32)42/h10-16,19-27,29-31,34,44-45,47H,7-9,17-18,28H2,1-6H3. The molecule has 0 aliphatic heterocycles. The predicted molar refractivity (Wildman–Crippen MR) is 202 cm³/mol. The topological polar surface area (TPSA) is 37.0 Å². The molecule has 47 heavy (non-hydrogen) atoms. The lowest BCUT2D eigenvalue weighted by atomic mass is 9.88. The van der Waals surface area contributed by atoms with E-state index in [1.807, 2.05) is 0 Å². The molecule has 1 heterocycles. The maximum Gasteiger partial charge on any atom is 0.0943 e. The molecule has 0 radical (unpaired) electrons. The Morgan fingerprint density at radius 3 is 1.94 bits per heavy atom. The lowest BCUT2D eigenvalue weighted by molar-refractivity contribution is 0.372. The van der Waals surface area contributed by atoms with Gasteiger partial charge in [-0.3, -0.25) is 4.98 Å². The van der Waals surface area contributed by atoms with Crippen molar-refractivity contribution < 1.29 is 0 Å². The number of anilines is 1. The van der Waals surface area contributed by atoms with Crippen molar-refractivity contribution in [1.29, 1.82) is 0 Å². The summed E-state index contributed by atoms with van der Waals surface area (Å²) in [7, 11) is 0. The van der Waals surface area contributed by atoms with Crippen molar-refractivity contribution in [2.24, 2.45) is 0 Å². The van der Waals surface area contributed by atoms with Crippen LogP contribution < -0.4 is 10.6 Å². The second-order valence-electron chi connectivity index (χ2n) is 14.5. The Bertz CT molecular complexity index is 1770. The van der Waals surface area contributed by atoms with E-state index in [4.69, 9.17) is 4.98 Å². The van der Waals surface area contributed by atoms with Gasteiger partial charge in [0.05, 0.1) is 17.4 Å². The molecule has 1 saturated carbocycles. The van der Waals surface area contributed by atoms with Crippen LogP contribution in [0.1, 0.15) is 131 Å². The largest absolute Gasteiger partial charge is 0.372 e. The van der Waals surface area contributed by atoms with Gasteiger partial charge in [0.2, 0.25) is 0 Å². The highest BCUT2D eigenvalue weighted by Gasteiger charge is 2.25. The summed E-state index contributed by atoms with van der Waals surface area (Å²) < 4.78 is 0. The van der Waals surface area contributed by atoms with Crippen LogP contribution in [-0.4, -0.2) is 11.0 Å². The molecule has 0 saturated heterocycles. The molecular weight excluding hydrogens is 571 g/mol. The highest BCUT2D eigenvalue weighted by Crippen LogP contribution is 2.39. The summed E-state index contributed by atoms with van der Waals surface area (Å²) in [6.07, 6.45) is 6.57. The third kappa shape index (κ3) is 7.31. The second kappa shape index (κ2) is 14.9. The minimum absolute atomic E-state index is 0.107. The summed E-state index contributed by atoms with van der Waals surface area (Å²) in [5.74, 6) is 1.18. The summed E-state index contributed by atoms with van der Waals surface area (Å²) in [6, 6.07) is 36.2. The van der Waals surface area contributed by atoms with E-state index in [9.17, 15) is 0 Å². The first kappa shape index (κ1) is 33.0. The summed E-state index contributed by atoms with van der Waals surface area (Å²) in [4.78, 5) is 5.58. The van der Waals surface area contributed by atoms with Gasteiger partial charge < -0.3 is 10.6 Å².